The summed E-state index contributed by atoms with van der Waals surface area (Å²) in [5.74, 6) is -0.244. The van der Waals surface area contributed by atoms with Crippen LogP contribution in [0.1, 0.15) is 5.56 Å². The minimum absolute atomic E-state index is 0.187. The van der Waals surface area contributed by atoms with Crippen molar-refractivity contribution in [3.8, 4) is 16.9 Å². The fourth-order valence-corrected chi connectivity index (χ4v) is 2.73. The maximum Gasteiger partial charge on any atom is 0.175 e. The van der Waals surface area contributed by atoms with Crippen molar-refractivity contribution in [2.45, 2.75) is 6.92 Å². The van der Waals surface area contributed by atoms with Crippen LogP contribution in [0, 0.1) is 12.7 Å². The molecule has 114 valence electrons. The Morgan fingerprint density at radius 1 is 1.09 bits per heavy atom. The first-order valence-electron chi connectivity index (χ1n) is 7.10. The predicted molar refractivity (Wildman–Crippen MR) is 85.0 cm³/mol. The third-order valence-electron chi connectivity index (χ3n) is 3.80. The monoisotopic (exact) mass is 308 g/mol. The Kier molecular flexibility index (Phi) is 2.97. The van der Waals surface area contributed by atoms with Crippen LogP contribution in [0.25, 0.3) is 27.7 Å². The Morgan fingerprint density at radius 2 is 1.96 bits per heavy atom. The van der Waals surface area contributed by atoms with E-state index in [1.54, 1.807) is 41.3 Å². The first-order valence-corrected chi connectivity index (χ1v) is 7.10. The largest absolute Gasteiger partial charge is 0.494 e. The summed E-state index contributed by atoms with van der Waals surface area (Å²) in [6, 6.07) is 5.08. The van der Waals surface area contributed by atoms with Crippen molar-refractivity contribution < 1.29 is 9.13 Å². The van der Waals surface area contributed by atoms with Gasteiger partial charge in [-0.2, -0.15) is 5.10 Å². The summed E-state index contributed by atoms with van der Waals surface area (Å²) in [6.45, 7) is 1.94. The van der Waals surface area contributed by atoms with Gasteiger partial charge in [-0.15, -0.1) is 0 Å². The molecule has 3 heterocycles. The molecular formula is C17H13FN4O. The number of ether oxygens (including phenoxy) is 1. The number of hydrogen-bond donors (Lipinski definition) is 0. The summed E-state index contributed by atoms with van der Waals surface area (Å²) in [7, 11) is 1.44. The minimum atomic E-state index is -0.431. The molecule has 0 radical (unpaired) electrons. The molecule has 0 unspecified atom stereocenters. The number of aryl methyl sites for hydroxylation is 1. The highest BCUT2D eigenvalue weighted by molar-refractivity contribution is 5.98. The van der Waals surface area contributed by atoms with Crippen molar-refractivity contribution in [1.82, 2.24) is 19.6 Å². The van der Waals surface area contributed by atoms with Crippen LogP contribution in [0.2, 0.25) is 0 Å². The summed E-state index contributed by atoms with van der Waals surface area (Å²) < 4.78 is 21.6. The fraction of sp³-hybridized carbons (Fsp3) is 0.118. The first kappa shape index (κ1) is 13.6. The molecular weight excluding hydrogens is 295 g/mol. The van der Waals surface area contributed by atoms with Crippen molar-refractivity contribution in [2.75, 3.05) is 7.11 Å². The first-order chi connectivity index (χ1) is 11.2. The number of fused-ring (bicyclic) bond motifs is 2. The van der Waals surface area contributed by atoms with Gasteiger partial charge in [-0.3, -0.25) is 4.98 Å². The highest BCUT2D eigenvalue weighted by Gasteiger charge is 2.17. The van der Waals surface area contributed by atoms with Gasteiger partial charge in [-0.1, -0.05) is 0 Å². The highest BCUT2D eigenvalue weighted by Crippen LogP contribution is 2.34. The molecule has 0 aliphatic rings. The number of pyridine rings is 1. The molecule has 0 fully saturated rings. The van der Waals surface area contributed by atoms with Gasteiger partial charge < -0.3 is 4.74 Å². The van der Waals surface area contributed by atoms with E-state index >= 15 is 0 Å². The Morgan fingerprint density at radius 3 is 2.78 bits per heavy atom. The standard InChI is InChI=1S/C17H13FN4O/c1-10-7-20-17-12(8-21-22(17)9-10)11-5-6-19-13-3-4-14(23-2)16(18)15(11)13/h3-9H,1-2H3. The summed E-state index contributed by atoms with van der Waals surface area (Å²) in [6.07, 6.45) is 6.99. The van der Waals surface area contributed by atoms with E-state index in [0.29, 0.717) is 22.1 Å². The number of hydrogen-bond acceptors (Lipinski definition) is 4. The molecule has 0 bridgehead atoms. The molecule has 4 aromatic rings. The van der Waals surface area contributed by atoms with Gasteiger partial charge in [0.2, 0.25) is 0 Å². The minimum Gasteiger partial charge on any atom is -0.494 e. The third kappa shape index (κ3) is 2.03. The van der Waals surface area contributed by atoms with Crippen molar-refractivity contribution in [2.24, 2.45) is 0 Å². The maximum absolute atomic E-state index is 14.8. The van der Waals surface area contributed by atoms with E-state index in [4.69, 9.17) is 4.74 Å². The van der Waals surface area contributed by atoms with E-state index < -0.39 is 5.82 Å². The van der Waals surface area contributed by atoms with E-state index in [9.17, 15) is 4.39 Å². The molecule has 6 heteroatoms. The number of methoxy groups -OCH3 is 1. The van der Waals surface area contributed by atoms with Crippen LogP contribution in [0.3, 0.4) is 0 Å². The zero-order chi connectivity index (χ0) is 16.0. The number of aromatic nitrogens is 4. The van der Waals surface area contributed by atoms with Crippen LogP contribution < -0.4 is 4.74 Å². The van der Waals surface area contributed by atoms with Crippen LogP contribution in [0.4, 0.5) is 4.39 Å². The van der Waals surface area contributed by atoms with Crippen LogP contribution in [0.15, 0.2) is 43.0 Å². The zero-order valence-corrected chi connectivity index (χ0v) is 12.6. The number of halogens is 1. The van der Waals surface area contributed by atoms with Gasteiger partial charge in [0.15, 0.2) is 17.2 Å². The van der Waals surface area contributed by atoms with Crippen LogP contribution in [-0.4, -0.2) is 26.7 Å². The second-order valence-electron chi connectivity index (χ2n) is 5.29. The summed E-state index contributed by atoms with van der Waals surface area (Å²) in [5.41, 5.74) is 3.68. The Bertz CT molecular complexity index is 1040. The number of nitrogens with zero attached hydrogens (tertiary/aromatic N) is 4. The predicted octanol–water partition coefficient (Wildman–Crippen LogP) is 3.40. The van der Waals surface area contributed by atoms with Crippen LogP contribution >= 0.6 is 0 Å². The molecule has 0 aliphatic carbocycles. The lowest BCUT2D eigenvalue weighted by atomic mass is 10.0. The quantitative estimate of drug-likeness (QED) is 0.569. The van der Waals surface area contributed by atoms with Crippen molar-refractivity contribution >= 4 is 16.6 Å². The summed E-state index contributed by atoms with van der Waals surface area (Å²) in [4.78, 5) is 8.66. The lowest BCUT2D eigenvalue weighted by Crippen LogP contribution is -1.94. The van der Waals surface area contributed by atoms with E-state index in [-0.39, 0.29) is 5.75 Å². The summed E-state index contributed by atoms with van der Waals surface area (Å²) in [5, 5.41) is 4.72. The molecule has 3 aromatic heterocycles. The second-order valence-corrected chi connectivity index (χ2v) is 5.29. The van der Waals surface area contributed by atoms with Gasteiger partial charge in [-0.25, -0.2) is 13.9 Å². The molecule has 4 rings (SSSR count). The van der Waals surface area contributed by atoms with Gasteiger partial charge in [-0.05, 0) is 30.7 Å². The van der Waals surface area contributed by atoms with Gasteiger partial charge in [0.1, 0.15) is 0 Å². The Labute approximate surface area is 131 Å². The smallest absolute Gasteiger partial charge is 0.175 e. The molecule has 0 saturated carbocycles. The van der Waals surface area contributed by atoms with Gasteiger partial charge in [0, 0.05) is 35.1 Å². The van der Waals surface area contributed by atoms with Crippen LogP contribution in [0.5, 0.6) is 5.75 Å². The zero-order valence-electron chi connectivity index (χ0n) is 12.6. The molecule has 0 spiro atoms. The average molecular weight is 308 g/mol. The Balaban J connectivity index is 2.08. The number of benzene rings is 1. The highest BCUT2D eigenvalue weighted by atomic mass is 19.1. The molecule has 0 atom stereocenters. The molecule has 0 amide bonds. The molecule has 5 nitrogen and oxygen atoms in total. The number of rotatable bonds is 2. The van der Waals surface area contributed by atoms with Crippen molar-refractivity contribution in [3.05, 3.63) is 54.4 Å². The fourth-order valence-electron chi connectivity index (χ4n) is 2.73. The van der Waals surface area contributed by atoms with Gasteiger partial charge >= 0.3 is 0 Å². The molecule has 0 N–H and O–H groups in total. The average Bonchev–Trinajstić information content (AvgIpc) is 2.97. The second kappa shape index (κ2) is 5.01. The molecule has 1 aromatic carbocycles. The summed E-state index contributed by atoms with van der Waals surface area (Å²) >= 11 is 0. The van der Waals surface area contributed by atoms with E-state index in [2.05, 4.69) is 15.1 Å². The van der Waals surface area contributed by atoms with Crippen molar-refractivity contribution in [1.29, 1.82) is 0 Å². The van der Waals surface area contributed by atoms with Gasteiger partial charge in [0.25, 0.3) is 0 Å². The van der Waals surface area contributed by atoms with E-state index in [1.165, 1.54) is 7.11 Å². The normalized spacial score (nSPS) is 11.3. The van der Waals surface area contributed by atoms with E-state index in [0.717, 1.165) is 11.1 Å². The molecule has 23 heavy (non-hydrogen) atoms. The van der Waals surface area contributed by atoms with Gasteiger partial charge in [0.05, 0.1) is 18.8 Å². The third-order valence-corrected chi connectivity index (χ3v) is 3.80. The Hall–Kier alpha value is -3.02. The van der Waals surface area contributed by atoms with Crippen molar-refractivity contribution in [3.63, 3.8) is 0 Å². The molecule has 0 aliphatic heterocycles. The lowest BCUT2D eigenvalue weighted by Gasteiger charge is -2.09. The topological polar surface area (TPSA) is 52.3 Å². The molecule has 0 saturated heterocycles. The lowest BCUT2D eigenvalue weighted by molar-refractivity contribution is 0.389. The van der Waals surface area contributed by atoms with Crippen LogP contribution in [-0.2, 0) is 0 Å². The van der Waals surface area contributed by atoms with E-state index in [1.807, 2.05) is 13.1 Å². The SMILES string of the molecule is COc1ccc2nccc(-c3cnn4cc(C)cnc34)c2c1F. The maximum atomic E-state index is 14.8.